The van der Waals surface area contributed by atoms with E-state index in [1.54, 1.807) is 6.92 Å². The van der Waals surface area contributed by atoms with E-state index in [1.165, 1.54) is 4.90 Å². The largest absolute Gasteiger partial charge is 0.481 e. The van der Waals surface area contributed by atoms with Gasteiger partial charge in [-0.15, -0.1) is 0 Å². The Morgan fingerprint density at radius 3 is 2.58 bits per heavy atom. The standard InChI is InChI=1S/C11H13N3O5/c1-5-6(10(17)18)2-3-14(5)9(16)7-4-8(15)13-11(19)12-7/h4-6H,2-3H2,1H3,(H,17,18)(H2,12,13,15,19). The lowest BCUT2D eigenvalue weighted by Gasteiger charge is -2.22. The summed E-state index contributed by atoms with van der Waals surface area (Å²) >= 11 is 0. The molecule has 1 amide bonds. The third kappa shape index (κ3) is 2.42. The number of nitrogens with one attached hydrogen (secondary N) is 2. The molecule has 0 spiro atoms. The van der Waals surface area contributed by atoms with Gasteiger partial charge in [0.05, 0.1) is 5.92 Å². The Bertz CT molecular complexity index is 603. The number of aromatic nitrogens is 2. The SMILES string of the molecule is CC1C(C(=O)O)CCN1C(=O)c1cc(=O)[nH]c(=O)[nH]1. The molecular weight excluding hydrogens is 254 g/mol. The highest BCUT2D eigenvalue weighted by Gasteiger charge is 2.38. The number of likely N-dealkylation sites (tertiary alicyclic amines) is 1. The predicted octanol–water partition coefficient (Wildman–Crippen LogP) is -1.00. The van der Waals surface area contributed by atoms with Crippen LogP contribution in [0.4, 0.5) is 0 Å². The fourth-order valence-corrected chi connectivity index (χ4v) is 2.30. The number of amides is 1. The van der Waals surface area contributed by atoms with Crippen molar-refractivity contribution in [3.8, 4) is 0 Å². The second kappa shape index (κ2) is 4.71. The van der Waals surface area contributed by atoms with Crippen molar-refractivity contribution in [2.45, 2.75) is 19.4 Å². The number of rotatable bonds is 2. The highest BCUT2D eigenvalue weighted by atomic mass is 16.4. The molecule has 1 aliphatic heterocycles. The van der Waals surface area contributed by atoms with E-state index in [9.17, 15) is 19.2 Å². The molecule has 2 heterocycles. The summed E-state index contributed by atoms with van der Waals surface area (Å²) in [4.78, 5) is 50.9. The fraction of sp³-hybridized carbons (Fsp3) is 0.455. The van der Waals surface area contributed by atoms with E-state index >= 15 is 0 Å². The Labute approximate surface area is 107 Å². The van der Waals surface area contributed by atoms with Gasteiger partial charge < -0.3 is 15.0 Å². The van der Waals surface area contributed by atoms with Crippen molar-refractivity contribution in [1.29, 1.82) is 0 Å². The number of aromatic amines is 2. The summed E-state index contributed by atoms with van der Waals surface area (Å²) in [5, 5.41) is 8.99. The predicted molar refractivity (Wildman–Crippen MR) is 63.9 cm³/mol. The first kappa shape index (κ1) is 13.1. The first-order valence-electron chi connectivity index (χ1n) is 5.77. The van der Waals surface area contributed by atoms with Gasteiger partial charge >= 0.3 is 11.7 Å². The fourth-order valence-electron chi connectivity index (χ4n) is 2.30. The smallest absolute Gasteiger partial charge is 0.326 e. The Morgan fingerprint density at radius 2 is 2.05 bits per heavy atom. The Kier molecular flexibility index (Phi) is 3.24. The number of hydrogen-bond donors (Lipinski definition) is 3. The second-order valence-electron chi connectivity index (χ2n) is 4.47. The Balaban J connectivity index is 2.28. The van der Waals surface area contributed by atoms with Gasteiger partial charge in [-0.1, -0.05) is 0 Å². The van der Waals surface area contributed by atoms with Crippen molar-refractivity contribution in [2.24, 2.45) is 5.92 Å². The van der Waals surface area contributed by atoms with E-state index in [1.807, 2.05) is 4.98 Å². The van der Waals surface area contributed by atoms with Crippen LogP contribution in [0.3, 0.4) is 0 Å². The van der Waals surface area contributed by atoms with E-state index in [4.69, 9.17) is 5.11 Å². The molecule has 2 unspecified atom stereocenters. The number of H-pyrrole nitrogens is 2. The first-order valence-corrected chi connectivity index (χ1v) is 5.77. The zero-order valence-electron chi connectivity index (χ0n) is 10.2. The molecule has 3 N–H and O–H groups in total. The average Bonchev–Trinajstić information content (AvgIpc) is 2.69. The molecule has 0 aromatic carbocycles. The molecule has 8 heteroatoms. The van der Waals surface area contributed by atoms with Gasteiger partial charge in [-0.25, -0.2) is 4.79 Å². The lowest BCUT2D eigenvalue weighted by molar-refractivity contribution is -0.142. The maximum atomic E-state index is 12.1. The van der Waals surface area contributed by atoms with E-state index in [-0.39, 0.29) is 12.2 Å². The summed E-state index contributed by atoms with van der Waals surface area (Å²) in [7, 11) is 0. The average molecular weight is 267 g/mol. The van der Waals surface area contributed by atoms with E-state index in [2.05, 4.69) is 4.98 Å². The van der Waals surface area contributed by atoms with Crippen LogP contribution in [0, 0.1) is 5.92 Å². The van der Waals surface area contributed by atoms with Crippen LogP contribution < -0.4 is 11.2 Å². The van der Waals surface area contributed by atoms with Crippen LogP contribution in [0.5, 0.6) is 0 Å². The molecule has 1 saturated heterocycles. The zero-order valence-corrected chi connectivity index (χ0v) is 10.2. The van der Waals surface area contributed by atoms with Gasteiger partial charge in [0, 0.05) is 18.7 Å². The summed E-state index contributed by atoms with van der Waals surface area (Å²) < 4.78 is 0. The summed E-state index contributed by atoms with van der Waals surface area (Å²) in [5.41, 5.74) is -1.57. The van der Waals surface area contributed by atoms with Crippen LogP contribution in [-0.4, -0.2) is 44.4 Å². The van der Waals surface area contributed by atoms with Gasteiger partial charge in [0.15, 0.2) is 0 Å². The minimum atomic E-state index is -0.956. The minimum Gasteiger partial charge on any atom is -0.481 e. The Hall–Kier alpha value is -2.38. The summed E-state index contributed by atoms with van der Waals surface area (Å²) in [6, 6.07) is 0.512. The maximum absolute atomic E-state index is 12.1. The molecule has 2 rings (SSSR count). The topological polar surface area (TPSA) is 123 Å². The molecule has 0 bridgehead atoms. The van der Waals surface area contributed by atoms with Crippen molar-refractivity contribution in [3.63, 3.8) is 0 Å². The number of carbonyl (C=O) groups is 2. The van der Waals surface area contributed by atoms with Crippen molar-refractivity contribution >= 4 is 11.9 Å². The number of carbonyl (C=O) groups excluding carboxylic acids is 1. The maximum Gasteiger partial charge on any atom is 0.326 e. The number of nitrogens with zero attached hydrogens (tertiary/aromatic N) is 1. The molecule has 1 fully saturated rings. The van der Waals surface area contributed by atoms with Gasteiger partial charge in [-0.2, -0.15) is 0 Å². The lowest BCUT2D eigenvalue weighted by Crippen LogP contribution is -2.39. The van der Waals surface area contributed by atoms with Crippen molar-refractivity contribution in [1.82, 2.24) is 14.9 Å². The van der Waals surface area contributed by atoms with Gasteiger partial charge in [-0.05, 0) is 13.3 Å². The first-order chi connectivity index (χ1) is 8.90. The molecular formula is C11H13N3O5. The van der Waals surface area contributed by atoms with Crippen LogP contribution in [0.25, 0.3) is 0 Å². The summed E-state index contributed by atoms with van der Waals surface area (Å²) in [6.45, 7) is 1.92. The number of carboxylic acids is 1. The van der Waals surface area contributed by atoms with Crippen molar-refractivity contribution in [2.75, 3.05) is 6.54 Å². The monoisotopic (exact) mass is 267 g/mol. The minimum absolute atomic E-state index is 0.133. The molecule has 8 nitrogen and oxygen atoms in total. The lowest BCUT2D eigenvalue weighted by atomic mass is 10.0. The highest BCUT2D eigenvalue weighted by Crippen LogP contribution is 2.25. The normalized spacial score (nSPS) is 22.5. The van der Waals surface area contributed by atoms with Crippen LogP contribution >= 0.6 is 0 Å². The molecule has 1 aliphatic rings. The molecule has 2 atom stereocenters. The van der Waals surface area contributed by atoms with Crippen LogP contribution in [-0.2, 0) is 4.79 Å². The summed E-state index contributed by atoms with van der Waals surface area (Å²) in [5.74, 6) is -2.13. The van der Waals surface area contributed by atoms with Crippen molar-refractivity contribution in [3.05, 3.63) is 32.6 Å². The molecule has 102 valence electrons. The van der Waals surface area contributed by atoms with Crippen LogP contribution in [0.15, 0.2) is 15.7 Å². The number of aliphatic carboxylic acids is 1. The van der Waals surface area contributed by atoms with Gasteiger partial charge in [0.25, 0.3) is 11.5 Å². The van der Waals surface area contributed by atoms with Crippen LogP contribution in [0.1, 0.15) is 23.8 Å². The van der Waals surface area contributed by atoms with E-state index < -0.39 is 35.1 Å². The van der Waals surface area contributed by atoms with Gasteiger partial charge in [0.1, 0.15) is 5.69 Å². The molecule has 1 aromatic heterocycles. The number of hydrogen-bond acceptors (Lipinski definition) is 4. The van der Waals surface area contributed by atoms with Crippen molar-refractivity contribution < 1.29 is 14.7 Å². The van der Waals surface area contributed by atoms with Gasteiger partial charge in [-0.3, -0.25) is 19.4 Å². The Morgan fingerprint density at radius 1 is 1.37 bits per heavy atom. The van der Waals surface area contributed by atoms with E-state index in [0.29, 0.717) is 6.42 Å². The third-order valence-electron chi connectivity index (χ3n) is 3.32. The van der Waals surface area contributed by atoms with Crippen LogP contribution in [0.2, 0.25) is 0 Å². The van der Waals surface area contributed by atoms with Gasteiger partial charge in [0.2, 0.25) is 0 Å². The highest BCUT2D eigenvalue weighted by molar-refractivity contribution is 5.93. The molecule has 0 aliphatic carbocycles. The third-order valence-corrected chi connectivity index (χ3v) is 3.32. The zero-order chi connectivity index (χ0) is 14.2. The molecule has 0 saturated carbocycles. The second-order valence-corrected chi connectivity index (χ2v) is 4.47. The van der Waals surface area contributed by atoms with E-state index in [0.717, 1.165) is 6.07 Å². The molecule has 1 aromatic rings. The quantitative estimate of drug-likeness (QED) is 0.634. The molecule has 19 heavy (non-hydrogen) atoms. The molecule has 0 radical (unpaired) electrons. The number of carboxylic acid groups (broad SMARTS) is 1. The summed E-state index contributed by atoms with van der Waals surface area (Å²) in [6.07, 6.45) is 0.357.